The first-order valence-corrected chi connectivity index (χ1v) is 5.13. The smallest absolute Gasteiger partial charge is 0.277 e. The number of phenols is 1. The largest absolute Gasteiger partial charge is 0.503 e. The molecule has 1 aromatic rings. The van der Waals surface area contributed by atoms with Crippen LogP contribution in [0.15, 0.2) is 22.8 Å². The number of phenolic OH excluding ortho intramolecular Hbond substituents is 1. The van der Waals surface area contributed by atoms with Gasteiger partial charge in [-0.15, -0.1) is 0 Å². The van der Waals surface area contributed by atoms with E-state index in [1.165, 1.54) is 11.0 Å². The number of amidine groups is 1. The van der Waals surface area contributed by atoms with Gasteiger partial charge in [0, 0.05) is 7.05 Å². The van der Waals surface area contributed by atoms with Gasteiger partial charge in [0.25, 0.3) is 5.91 Å². The maximum Gasteiger partial charge on any atom is 0.277 e. The van der Waals surface area contributed by atoms with Crippen LogP contribution in [0.25, 0.3) is 6.08 Å². The van der Waals surface area contributed by atoms with Gasteiger partial charge in [-0.25, -0.2) is 13.8 Å². The van der Waals surface area contributed by atoms with Crippen LogP contribution in [0.4, 0.5) is 8.78 Å². The molecule has 0 saturated carbocycles. The quantitative estimate of drug-likeness (QED) is 0.776. The summed E-state index contributed by atoms with van der Waals surface area (Å²) in [6.07, 6.45) is 1.26. The molecule has 0 aromatic heterocycles. The Labute approximate surface area is 102 Å². The van der Waals surface area contributed by atoms with Gasteiger partial charge in [-0.05, 0) is 30.7 Å². The maximum absolute atomic E-state index is 13.1. The number of carbonyl (C=O) groups is 1. The lowest BCUT2D eigenvalue weighted by Crippen LogP contribution is -2.25. The highest BCUT2D eigenvalue weighted by atomic mass is 19.1. The molecule has 0 spiro atoms. The molecule has 0 bridgehead atoms. The van der Waals surface area contributed by atoms with E-state index in [2.05, 4.69) is 4.99 Å². The van der Waals surface area contributed by atoms with Gasteiger partial charge in [-0.3, -0.25) is 9.69 Å². The summed E-state index contributed by atoms with van der Waals surface area (Å²) in [6.45, 7) is 1.65. The molecule has 18 heavy (non-hydrogen) atoms. The third-order valence-corrected chi connectivity index (χ3v) is 2.63. The second kappa shape index (κ2) is 4.21. The van der Waals surface area contributed by atoms with Gasteiger partial charge >= 0.3 is 0 Å². The zero-order valence-electron chi connectivity index (χ0n) is 9.74. The Morgan fingerprint density at radius 1 is 1.33 bits per heavy atom. The Hall–Kier alpha value is -2.24. The van der Waals surface area contributed by atoms with Crippen LogP contribution < -0.4 is 0 Å². The van der Waals surface area contributed by atoms with Crippen molar-refractivity contribution < 1.29 is 18.7 Å². The van der Waals surface area contributed by atoms with E-state index in [4.69, 9.17) is 5.11 Å². The van der Waals surface area contributed by atoms with Crippen LogP contribution in [0.3, 0.4) is 0 Å². The number of halogens is 2. The second-order valence-corrected chi connectivity index (χ2v) is 3.89. The minimum Gasteiger partial charge on any atom is -0.503 e. The van der Waals surface area contributed by atoms with Crippen molar-refractivity contribution in [3.63, 3.8) is 0 Å². The van der Waals surface area contributed by atoms with Gasteiger partial charge in [0.05, 0.1) is 0 Å². The lowest BCUT2D eigenvalue weighted by atomic mass is 10.1. The summed E-state index contributed by atoms with van der Waals surface area (Å²) in [5, 5.41) is 8.95. The first-order valence-electron chi connectivity index (χ1n) is 5.13. The van der Waals surface area contributed by atoms with Gasteiger partial charge in [0.2, 0.25) is 0 Å². The molecule has 1 amide bonds. The SMILES string of the molecule is CC1=N/C(=C\c2cc(F)c(O)c(F)c2)C(=O)N1C. The van der Waals surface area contributed by atoms with Crippen molar-refractivity contribution in [1.82, 2.24) is 4.90 Å². The summed E-state index contributed by atoms with van der Waals surface area (Å²) >= 11 is 0. The molecule has 0 saturated heterocycles. The molecule has 0 unspecified atom stereocenters. The number of aliphatic imine (C=N–C) groups is 1. The van der Waals surface area contributed by atoms with Crippen LogP contribution >= 0.6 is 0 Å². The van der Waals surface area contributed by atoms with Crippen molar-refractivity contribution in [2.75, 3.05) is 7.05 Å². The van der Waals surface area contributed by atoms with Crippen molar-refractivity contribution >= 4 is 17.8 Å². The molecule has 1 N–H and O–H groups in total. The first kappa shape index (κ1) is 12.2. The van der Waals surface area contributed by atoms with Gasteiger partial charge in [-0.2, -0.15) is 0 Å². The van der Waals surface area contributed by atoms with Crippen LogP contribution in [0.1, 0.15) is 12.5 Å². The topological polar surface area (TPSA) is 52.9 Å². The lowest BCUT2D eigenvalue weighted by Gasteiger charge is -2.06. The average Bonchev–Trinajstić information content (AvgIpc) is 2.54. The molecule has 1 aliphatic rings. The average molecular weight is 252 g/mol. The molecular formula is C12H10F2N2O2. The number of hydrogen-bond acceptors (Lipinski definition) is 3. The molecule has 0 aliphatic carbocycles. The molecule has 1 aliphatic heterocycles. The first-order chi connectivity index (χ1) is 8.40. The van der Waals surface area contributed by atoms with E-state index in [9.17, 15) is 13.6 Å². The third kappa shape index (κ3) is 1.97. The van der Waals surface area contributed by atoms with Crippen LogP contribution in [0, 0.1) is 11.6 Å². The van der Waals surface area contributed by atoms with Crippen molar-refractivity contribution in [2.45, 2.75) is 6.92 Å². The van der Waals surface area contributed by atoms with E-state index < -0.39 is 17.4 Å². The van der Waals surface area contributed by atoms with E-state index in [0.717, 1.165) is 12.1 Å². The Bertz CT molecular complexity index is 571. The summed E-state index contributed by atoms with van der Waals surface area (Å²) in [6, 6.07) is 1.86. The van der Waals surface area contributed by atoms with Gasteiger partial charge in [0.15, 0.2) is 17.4 Å². The Morgan fingerprint density at radius 3 is 2.33 bits per heavy atom. The molecule has 4 nitrogen and oxygen atoms in total. The van der Waals surface area contributed by atoms with Crippen molar-refractivity contribution in [2.24, 2.45) is 4.99 Å². The molecule has 0 radical (unpaired) electrons. The van der Waals surface area contributed by atoms with Crippen molar-refractivity contribution in [3.8, 4) is 5.75 Å². The standard InChI is InChI=1S/C12H10F2N2O2/c1-6-15-10(12(18)16(6)2)5-7-3-8(13)11(17)9(14)4-7/h3-5,17H,1-2H3/b10-5-. The molecule has 2 rings (SSSR count). The minimum atomic E-state index is -1.08. The van der Waals surface area contributed by atoms with Crippen molar-refractivity contribution in [3.05, 3.63) is 35.0 Å². The molecule has 6 heteroatoms. The van der Waals surface area contributed by atoms with E-state index in [0.29, 0.717) is 5.84 Å². The minimum absolute atomic E-state index is 0.0967. The molecular weight excluding hydrogens is 242 g/mol. The fourth-order valence-electron chi connectivity index (χ4n) is 1.54. The highest BCUT2D eigenvalue weighted by Gasteiger charge is 2.23. The monoisotopic (exact) mass is 252 g/mol. The van der Waals surface area contributed by atoms with E-state index in [-0.39, 0.29) is 17.2 Å². The predicted molar refractivity (Wildman–Crippen MR) is 61.9 cm³/mol. The summed E-state index contributed by atoms with van der Waals surface area (Å²) in [5.74, 6) is -3.04. The molecule has 0 atom stereocenters. The number of aromatic hydroxyl groups is 1. The Morgan fingerprint density at radius 2 is 1.89 bits per heavy atom. The lowest BCUT2D eigenvalue weighted by molar-refractivity contribution is -0.121. The summed E-state index contributed by atoms with van der Waals surface area (Å²) in [5.41, 5.74) is 0.220. The fraction of sp³-hybridized carbons (Fsp3) is 0.167. The normalized spacial score (nSPS) is 17.6. The number of nitrogens with zero attached hydrogens (tertiary/aromatic N) is 2. The summed E-state index contributed by atoms with van der Waals surface area (Å²) < 4.78 is 26.2. The van der Waals surface area contributed by atoms with E-state index >= 15 is 0 Å². The summed E-state index contributed by atoms with van der Waals surface area (Å²) in [4.78, 5) is 17.0. The molecule has 1 heterocycles. The molecule has 1 aromatic carbocycles. The molecule has 0 fully saturated rings. The van der Waals surface area contributed by atoms with Crippen LogP contribution in [0.2, 0.25) is 0 Å². The zero-order valence-corrected chi connectivity index (χ0v) is 9.74. The highest BCUT2D eigenvalue weighted by molar-refractivity contribution is 6.13. The fourth-order valence-corrected chi connectivity index (χ4v) is 1.54. The number of likely N-dealkylation sites (N-methyl/N-ethyl adjacent to an activating group) is 1. The highest BCUT2D eigenvalue weighted by Crippen LogP contribution is 2.24. The maximum atomic E-state index is 13.1. The third-order valence-electron chi connectivity index (χ3n) is 2.63. The number of benzene rings is 1. The van der Waals surface area contributed by atoms with Crippen molar-refractivity contribution in [1.29, 1.82) is 0 Å². The number of hydrogen-bond donors (Lipinski definition) is 1. The molecule has 94 valence electrons. The van der Waals surface area contributed by atoms with Crippen LogP contribution in [0.5, 0.6) is 5.75 Å². The second-order valence-electron chi connectivity index (χ2n) is 3.89. The van der Waals surface area contributed by atoms with Gasteiger partial charge in [0.1, 0.15) is 11.5 Å². The zero-order chi connectivity index (χ0) is 13.4. The van der Waals surface area contributed by atoms with E-state index in [1.54, 1.807) is 14.0 Å². The number of carbonyl (C=O) groups excluding carboxylic acids is 1. The van der Waals surface area contributed by atoms with Crippen LogP contribution in [-0.4, -0.2) is 28.8 Å². The Balaban J connectivity index is 2.44. The van der Waals surface area contributed by atoms with Gasteiger partial charge < -0.3 is 5.11 Å². The number of rotatable bonds is 1. The van der Waals surface area contributed by atoms with E-state index in [1.807, 2.05) is 0 Å². The Kier molecular flexibility index (Phi) is 2.86. The predicted octanol–water partition coefficient (Wildman–Crippen LogP) is 1.90. The van der Waals surface area contributed by atoms with Crippen LogP contribution in [-0.2, 0) is 4.79 Å². The summed E-state index contributed by atoms with van der Waals surface area (Å²) in [7, 11) is 1.56. The number of amides is 1. The van der Waals surface area contributed by atoms with Gasteiger partial charge in [-0.1, -0.05) is 0 Å².